The van der Waals surface area contributed by atoms with Gasteiger partial charge in [-0.25, -0.2) is 8.42 Å². The highest BCUT2D eigenvalue weighted by molar-refractivity contribution is 7.90. The lowest BCUT2D eigenvalue weighted by molar-refractivity contribution is 0.602. The second kappa shape index (κ2) is 6.09. The fraction of sp³-hybridized carbons (Fsp3) is 0.357. The molecule has 20 heavy (non-hydrogen) atoms. The minimum Gasteiger partial charge on any atom is -0.381 e. The molecule has 1 heterocycles. The third-order valence-corrected chi connectivity index (χ3v) is 4.01. The van der Waals surface area contributed by atoms with Crippen molar-refractivity contribution in [1.29, 1.82) is 0 Å². The van der Waals surface area contributed by atoms with Gasteiger partial charge in [0.05, 0.1) is 11.1 Å². The zero-order chi connectivity index (χ0) is 14.6. The van der Waals surface area contributed by atoms with Crippen LogP contribution in [0.3, 0.4) is 0 Å². The van der Waals surface area contributed by atoms with Gasteiger partial charge in [-0.1, -0.05) is 13.0 Å². The third-order valence-electron chi connectivity index (χ3n) is 2.90. The summed E-state index contributed by atoms with van der Waals surface area (Å²) in [4.78, 5) is 0.323. The van der Waals surface area contributed by atoms with Gasteiger partial charge in [0, 0.05) is 36.8 Å². The molecule has 0 aliphatic carbocycles. The van der Waals surface area contributed by atoms with Gasteiger partial charge in [-0.15, -0.1) is 0 Å². The predicted molar refractivity (Wildman–Crippen MR) is 79.4 cm³/mol. The number of aryl methyl sites for hydroxylation is 1. The normalized spacial score (nSPS) is 11.5. The van der Waals surface area contributed by atoms with Gasteiger partial charge in [0.2, 0.25) is 0 Å². The largest absolute Gasteiger partial charge is 0.381 e. The summed E-state index contributed by atoms with van der Waals surface area (Å²) in [5, 5.41) is 7.47. The van der Waals surface area contributed by atoms with Crippen LogP contribution in [-0.2, 0) is 22.9 Å². The summed E-state index contributed by atoms with van der Waals surface area (Å²) in [6.45, 7) is 3.64. The average molecular weight is 293 g/mol. The van der Waals surface area contributed by atoms with Gasteiger partial charge in [-0.05, 0) is 24.6 Å². The van der Waals surface area contributed by atoms with Gasteiger partial charge in [0.1, 0.15) is 0 Å². The second-order valence-electron chi connectivity index (χ2n) is 4.77. The van der Waals surface area contributed by atoms with E-state index in [0.717, 1.165) is 24.2 Å². The van der Waals surface area contributed by atoms with E-state index in [1.807, 2.05) is 23.1 Å². The molecule has 0 aliphatic heterocycles. The van der Waals surface area contributed by atoms with Crippen molar-refractivity contribution in [3.63, 3.8) is 0 Å². The van der Waals surface area contributed by atoms with Crippen molar-refractivity contribution >= 4 is 15.5 Å². The zero-order valence-corrected chi connectivity index (χ0v) is 12.5. The summed E-state index contributed by atoms with van der Waals surface area (Å²) in [5.74, 6) is 0. The van der Waals surface area contributed by atoms with Gasteiger partial charge < -0.3 is 5.32 Å². The summed E-state index contributed by atoms with van der Waals surface area (Å²) in [6, 6.07) is 6.83. The van der Waals surface area contributed by atoms with E-state index in [0.29, 0.717) is 11.4 Å². The molecule has 0 unspecified atom stereocenters. The molecular weight excluding hydrogens is 274 g/mol. The maximum Gasteiger partial charge on any atom is 0.175 e. The van der Waals surface area contributed by atoms with Crippen LogP contribution in [0.5, 0.6) is 0 Å². The number of sulfone groups is 1. The Morgan fingerprint density at radius 1 is 1.35 bits per heavy atom. The lowest BCUT2D eigenvalue weighted by Gasteiger charge is -2.06. The number of rotatable bonds is 6. The smallest absolute Gasteiger partial charge is 0.175 e. The number of anilines is 1. The van der Waals surface area contributed by atoms with Crippen molar-refractivity contribution in [1.82, 2.24) is 9.78 Å². The molecule has 1 aromatic heterocycles. The summed E-state index contributed by atoms with van der Waals surface area (Å²) in [6.07, 6.45) is 6.08. The number of benzene rings is 1. The molecule has 5 nitrogen and oxygen atoms in total. The maximum atomic E-state index is 11.5. The number of hydrogen-bond acceptors (Lipinski definition) is 4. The van der Waals surface area contributed by atoms with Crippen molar-refractivity contribution in [3.05, 3.63) is 42.2 Å². The second-order valence-corrected chi connectivity index (χ2v) is 6.78. The Labute approximate surface area is 119 Å². The van der Waals surface area contributed by atoms with E-state index in [-0.39, 0.29) is 0 Å². The van der Waals surface area contributed by atoms with Crippen LogP contribution >= 0.6 is 0 Å². The molecule has 0 spiro atoms. The van der Waals surface area contributed by atoms with E-state index in [2.05, 4.69) is 17.3 Å². The number of nitrogens with one attached hydrogen (secondary N) is 1. The fourth-order valence-corrected chi connectivity index (χ4v) is 2.56. The molecule has 0 saturated carbocycles. The van der Waals surface area contributed by atoms with Crippen LogP contribution in [0.2, 0.25) is 0 Å². The molecule has 0 fully saturated rings. The molecule has 0 radical (unpaired) electrons. The predicted octanol–water partition coefficient (Wildman–Crippen LogP) is 2.31. The van der Waals surface area contributed by atoms with Crippen LogP contribution in [-0.4, -0.2) is 24.5 Å². The van der Waals surface area contributed by atoms with Gasteiger partial charge in [-0.2, -0.15) is 5.10 Å². The minimum absolute atomic E-state index is 0.323. The van der Waals surface area contributed by atoms with E-state index in [4.69, 9.17) is 0 Å². The van der Waals surface area contributed by atoms with E-state index in [1.165, 1.54) is 6.26 Å². The highest BCUT2D eigenvalue weighted by Gasteiger charge is 2.07. The van der Waals surface area contributed by atoms with Gasteiger partial charge in [0.25, 0.3) is 0 Å². The standard InChI is InChI=1S/C14H19N3O2S/c1-3-7-17-11-12(10-16-17)9-15-13-5-4-6-14(8-13)20(2,18)19/h4-6,8,10-11,15H,3,7,9H2,1-2H3. The molecular formula is C14H19N3O2S. The van der Waals surface area contributed by atoms with Crippen LogP contribution < -0.4 is 5.32 Å². The van der Waals surface area contributed by atoms with Gasteiger partial charge in [-0.3, -0.25) is 4.68 Å². The Morgan fingerprint density at radius 2 is 2.15 bits per heavy atom. The highest BCUT2D eigenvalue weighted by Crippen LogP contribution is 2.16. The Bertz CT molecular complexity index is 677. The van der Waals surface area contributed by atoms with E-state index >= 15 is 0 Å². The maximum absolute atomic E-state index is 11.5. The van der Waals surface area contributed by atoms with Crippen LogP contribution in [0.1, 0.15) is 18.9 Å². The first kappa shape index (κ1) is 14.6. The zero-order valence-electron chi connectivity index (χ0n) is 11.7. The fourth-order valence-electron chi connectivity index (χ4n) is 1.89. The first-order chi connectivity index (χ1) is 9.49. The quantitative estimate of drug-likeness (QED) is 0.887. The highest BCUT2D eigenvalue weighted by atomic mass is 32.2. The molecule has 0 aliphatic rings. The van der Waals surface area contributed by atoms with Crippen molar-refractivity contribution in [3.8, 4) is 0 Å². The van der Waals surface area contributed by atoms with Gasteiger partial charge in [0.15, 0.2) is 9.84 Å². The molecule has 2 aromatic rings. The molecule has 1 N–H and O–H groups in total. The van der Waals surface area contributed by atoms with E-state index in [1.54, 1.807) is 18.2 Å². The summed E-state index contributed by atoms with van der Waals surface area (Å²) >= 11 is 0. The molecule has 0 bridgehead atoms. The Balaban J connectivity index is 2.03. The third kappa shape index (κ3) is 3.84. The van der Waals surface area contributed by atoms with E-state index in [9.17, 15) is 8.42 Å². The molecule has 2 rings (SSSR count). The molecule has 1 aromatic carbocycles. The Kier molecular flexibility index (Phi) is 4.44. The Hall–Kier alpha value is -1.82. The van der Waals surface area contributed by atoms with Crippen LogP contribution in [0.25, 0.3) is 0 Å². The van der Waals surface area contributed by atoms with Crippen molar-refractivity contribution in [2.45, 2.75) is 31.3 Å². The lowest BCUT2D eigenvalue weighted by Crippen LogP contribution is -2.01. The topological polar surface area (TPSA) is 64.0 Å². The number of hydrogen-bond donors (Lipinski definition) is 1. The Morgan fingerprint density at radius 3 is 2.85 bits per heavy atom. The average Bonchev–Trinajstić information content (AvgIpc) is 2.84. The van der Waals surface area contributed by atoms with Crippen molar-refractivity contribution in [2.24, 2.45) is 0 Å². The summed E-state index contributed by atoms with van der Waals surface area (Å²) in [5.41, 5.74) is 1.86. The van der Waals surface area contributed by atoms with Crippen LogP contribution in [0.15, 0.2) is 41.6 Å². The lowest BCUT2D eigenvalue weighted by atomic mass is 10.3. The van der Waals surface area contributed by atoms with Crippen molar-refractivity contribution in [2.75, 3.05) is 11.6 Å². The van der Waals surface area contributed by atoms with E-state index < -0.39 is 9.84 Å². The molecule has 0 saturated heterocycles. The molecule has 0 atom stereocenters. The number of aromatic nitrogens is 2. The van der Waals surface area contributed by atoms with Crippen LogP contribution in [0, 0.1) is 0 Å². The molecule has 6 heteroatoms. The monoisotopic (exact) mass is 293 g/mol. The summed E-state index contributed by atoms with van der Waals surface area (Å²) in [7, 11) is -3.17. The SMILES string of the molecule is CCCn1cc(CNc2cccc(S(C)(=O)=O)c2)cn1. The van der Waals surface area contributed by atoms with Crippen molar-refractivity contribution < 1.29 is 8.42 Å². The molecule has 108 valence electrons. The number of nitrogens with zero attached hydrogens (tertiary/aromatic N) is 2. The summed E-state index contributed by atoms with van der Waals surface area (Å²) < 4.78 is 24.9. The van der Waals surface area contributed by atoms with Gasteiger partial charge >= 0.3 is 0 Å². The first-order valence-electron chi connectivity index (χ1n) is 6.54. The minimum atomic E-state index is -3.17. The first-order valence-corrected chi connectivity index (χ1v) is 8.43. The molecule has 0 amide bonds. The van der Waals surface area contributed by atoms with Crippen LogP contribution in [0.4, 0.5) is 5.69 Å².